The second-order valence-corrected chi connectivity index (χ2v) is 8.13. The van der Waals surface area contributed by atoms with Gasteiger partial charge >= 0.3 is 0 Å². The van der Waals surface area contributed by atoms with Crippen LogP contribution >= 0.6 is 0 Å². The lowest BCUT2D eigenvalue weighted by Crippen LogP contribution is -2.47. The van der Waals surface area contributed by atoms with E-state index in [0.29, 0.717) is 12.2 Å². The second kappa shape index (κ2) is 9.74. The summed E-state index contributed by atoms with van der Waals surface area (Å²) in [6, 6.07) is 19.7. The second-order valence-electron chi connectivity index (χ2n) is 8.13. The SMILES string of the molecule is COc1cccc(N2CCN(c3nnc(C(=O)NCc4ccncc4)c4ccccc34)CC2)c1. The molecule has 0 radical (unpaired) electrons. The van der Waals surface area contributed by atoms with Gasteiger partial charge in [-0.1, -0.05) is 30.3 Å². The Kier molecular flexibility index (Phi) is 6.20. The highest BCUT2D eigenvalue weighted by atomic mass is 16.5. The number of anilines is 2. The number of nitrogens with zero attached hydrogens (tertiary/aromatic N) is 5. The van der Waals surface area contributed by atoms with Gasteiger partial charge in [0.05, 0.1) is 7.11 Å². The van der Waals surface area contributed by atoms with Crippen LogP contribution in [0.4, 0.5) is 11.5 Å². The molecule has 1 aliphatic rings. The summed E-state index contributed by atoms with van der Waals surface area (Å²) in [5, 5.41) is 13.5. The average Bonchev–Trinajstić information content (AvgIpc) is 2.92. The van der Waals surface area contributed by atoms with Crippen LogP contribution in [0.1, 0.15) is 16.1 Å². The number of methoxy groups -OCH3 is 1. The maximum atomic E-state index is 12.9. The third-order valence-corrected chi connectivity index (χ3v) is 6.08. The molecule has 8 nitrogen and oxygen atoms in total. The van der Waals surface area contributed by atoms with Gasteiger partial charge in [-0.3, -0.25) is 9.78 Å². The molecule has 0 atom stereocenters. The van der Waals surface area contributed by atoms with Crippen molar-refractivity contribution in [1.82, 2.24) is 20.5 Å². The number of hydrogen-bond acceptors (Lipinski definition) is 7. The molecule has 1 amide bonds. The van der Waals surface area contributed by atoms with Gasteiger partial charge in [-0.05, 0) is 29.8 Å². The molecule has 1 aliphatic heterocycles. The Morgan fingerprint density at radius 3 is 2.41 bits per heavy atom. The summed E-state index contributed by atoms with van der Waals surface area (Å²) in [6.07, 6.45) is 3.42. The molecule has 2 aromatic carbocycles. The Balaban J connectivity index is 1.33. The molecule has 34 heavy (non-hydrogen) atoms. The zero-order valence-electron chi connectivity index (χ0n) is 19.0. The van der Waals surface area contributed by atoms with Gasteiger partial charge in [0.1, 0.15) is 5.75 Å². The summed E-state index contributed by atoms with van der Waals surface area (Å²) >= 11 is 0. The first-order valence-corrected chi connectivity index (χ1v) is 11.3. The lowest BCUT2D eigenvalue weighted by atomic mass is 10.1. The van der Waals surface area contributed by atoms with Crippen LogP contribution in [0.25, 0.3) is 10.8 Å². The highest BCUT2D eigenvalue weighted by Crippen LogP contribution is 2.28. The topological polar surface area (TPSA) is 83.5 Å². The summed E-state index contributed by atoms with van der Waals surface area (Å²) in [6.45, 7) is 3.74. The van der Waals surface area contributed by atoms with Crippen LogP contribution in [-0.2, 0) is 6.54 Å². The molecule has 2 aromatic heterocycles. The number of fused-ring (bicyclic) bond motifs is 1. The number of nitrogens with one attached hydrogen (secondary N) is 1. The van der Waals surface area contributed by atoms with Crippen molar-refractivity contribution < 1.29 is 9.53 Å². The molecule has 0 aliphatic carbocycles. The smallest absolute Gasteiger partial charge is 0.272 e. The van der Waals surface area contributed by atoms with Crippen LogP contribution < -0.4 is 19.9 Å². The van der Waals surface area contributed by atoms with E-state index in [1.165, 1.54) is 0 Å². The number of carbonyl (C=O) groups is 1. The number of ether oxygens (including phenoxy) is 1. The molecule has 0 spiro atoms. The first-order chi connectivity index (χ1) is 16.7. The van der Waals surface area contributed by atoms with Crippen LogP contribution in [0.15, 0.2) is 73.1 Å². The monoisotopic (exact) mass is 454 g/mol. The Hall–Kier alpha value is -4.20. The van der Waals surface area contributed by atoms with Crippen molar-refractivity contribution >= 4 is 28.2 Å². The van der Waals surface area contributed by atoms with Gasteiger partial charge in [0.2, 0.25) is 0 Å². The lowest BCUT2D eigenvalue weighted by molar-refractivity contribution is 0.0947. The molecule has 8 heteroatoms. The summed E-state index contributed by atoms with van der Waals surface area (Å²) in [5.41, 5.74) is 2.46. The van der Waals surface area contributed by atoms with E-state index in [1.54, 1.807) is 19.5 Å². The fourth-order valence-electron chi connectivity index (χ4n) is 4.24. The molecule has 172 valence electrons. The summed E-state index contributed by atoms with van der Waals surface area (Å²) < 4.78 is 5.37. The Morgan fingerprint density at radius 2 is 1.65 bits per heavy atom. The maximum absolute atomic E-state index is 12.9. The van der Waals surface area contributed by atoms with Gasteiger partial charge in [-0.15, -0.1) is 10.2 Å². The molecular formula is C26H26N6O2. The van der Waals surface area contributed by atoms with Crippen molar-refractivity contribution in [2.24, 2.45) is 0 Å². The molecule has 1 saturated heterocycles. The van der Waals surface area contributed by atoms with E-state index in [0.717, 1.165) is 59.8 Å². The first-order valence-electron chi connectivity index (χ1n) is 11.3. The minimum atomic E-state index is -0.241. The highest BCUT2D eigenvalue weighted by Gasteiger charge is 2.23. The Bertz CT molecular complexity index is 1290. The molecule has 0 unspecified atom stereocenters. The fourth-order valence-corrected chi connectivity index (χ4v) is 4.24. The van der Waals surface area contributed by atoms with Gasteiger partial charge in [-0.2, -0.15) is 0 Å². The van der Waals surface area contributed by atoms with Crippen LogP contribution in [0.2, 0.25) is 0 Å². The van der Waals surface area contributed by atoms with E-state index in [4.69, 9.17) is 4.74 Å². The highest BCUT2D eigenvalue weighted by molar-refractivity contribution is 6.07. The van der Waals surface area contributed by atoms with E-state index in [-0.39, 0.29) is 5.91 Å². The Morgan fingerprint density at radius 1 is 0.912 bits per heavy atom. The third-order valence-electron chi connectivity index (χ3n) is 6.08. The zero-order chi connectivity index (χ0) is 23.3. The average molecular weight is 455 g/mol. The van der Waals surface area contributed by atoms with E-state index < -0.39 is 0 Å². The van der Waals surface area contributed by atoms with Crippen LogP contribution in [0, 0.1) is 0 Å². The van der Waals surface area contributed by atoms with Crippen molar-refractivity contribution in [2.45, 2.75) is 6.54 Å². The number of hydrogen-bond donors (Lipinski definition) is 1. The van der Waals surface area contributed by atoms with Crippen molar-refractivity contribution in [1.29, 1.82) is 0 Å². The standard InChI is InChI=1S/C26H26N6O2/c1-34-21-6-4-5-20(17-21)31-13-15-32(16-14-31)25-23-8-3-2-7-22(23)24(29-30-25)26(33)28-18-19-9-11-27-12-10-19/h2-12,17H,13-16,18H2,1H3,(H,28,33). The van der Waals surface area contributed by atoms with Gasteiger partial charge < -0.3 is 19.9 Å². The number of amides is 1. The number of rotatable bonds is 6. The van der Waals surface area contributed by atoms with Gasteiger partial charge in [0, 0.05) is 67.6 Å². The molecule has 0 saturated carbocycles. The van der Waals surface area contributed by atoms with Gasteiger partial charge in [0.25, 0.3) is 5.91 Å². The molecule has 1 N–H and O–H groups in total. The normalized spacial score (nSPS) is 13.7. The van der Waals surface area contributed by atoms with E-state index in [9.17, 15) is 4.79 Å². The molecule has 1 fully saturated rings. The van der Waals surface area contributed by atoms with E-state index >= 15 is 0 Å². The summed E-state index contributed by atoms with van der Waals surface area (Å²) in [7, 11) is 1.68. The zero-order valence-corrected chi connectivity index (χ0v) is 19.0. The summed E-state index contributed by atoms with van der Waals surface area (Å²) in [5.74, 6) is 1.43. The van der Waals surface area contributed by atoms with Gasteiger partial charge in [-0.25, -0.2) is 0 Å². The van der Waals surface area contributed by atoms with Gasteiger partial charge in [0.15, 0.2) is 11.5 Å². The van der Waals surface area contributed by atoms with Crippen molar-refractivity contribution in [2.75, 3.05) is 43.1 Å². The lowest BCUT2D eigenvalue weighted by Gasteiger charge is -2.37. The molecule has 4 aromatic rings. The van der Waals surface area contributed by atoms with E-state index in [2.05, 4.69) is 42.4 Å². The fraction of sp³-hybridized carbons (Fsp3) is 0.231. The quantitative estimate of drug-likeness (QED) is 0.479. The predicted octanol–water partition coefficient (Wildman–Crippen LogP) is 3.29. The number of pyridine rings is 1. The van der Waals surface area contributed by atoms with Crippen LogP contribution in [-0.4, -0.2) is 54.4 Å². The minimum absolute atomic E-state index is 0.241. The third kappa shape index (κ3) is 4.47. The number of piperazine rings is 1. The number of benzene rings is 2. The first kappa shape index (κ1) is 21.6. The van der Waals surface area contributed by atoms with E-state index in [1.807, 2.05) is 48.5 Å². The maximum Gasteiger partial charge on any atom is 0.272 e. The summed E-state index contributed by atoms with van der Waals surface area (Å²) in [4.78, 5) is 21.5. The largest absolute Gasteiger partial charge is 0.497 e. The number of carbonyl (C=O) groups excluding carboxylic acids is 1. The molecule has 0 bridgehead atoms. The van der Waals surface area contributed by atoms with Crippen molar-refractivity contribution in [3.8, 4) is 5.75 Å². The van der Waals surface area contributed by atoms with Crippen molar-refractivity contribution in [3.05, 3.63) is 84.3 Å². The molecule has 5 rings (SSSR count). The van der Waals surface area contributed by atoms with Crippen LogP contribution in [0.5, 0.6) is 5.75 Å². The molecular weight excluding hydrogens is 428 g/mol. The minimum Gasteiger partial charge on any atom is -0.497 e. The Labute approximate surface area is 198 Å². The number of aromatic nitrogens is 3. The van der Waals surface area contributed by atoms with Crippen molar-refractivity contribution in [3.63, 3.8) is 0 Å². The predicted molar refractivity (Wildman–Crippen MR) is 132 cm³/mol. The molecule has 3 heterocycles. The van der Waals surface area contributed by atoms with Crippen LogP contribution in [0.3, 0.4) is 0 Å².